The molecule has 2 heteroatoms. The van der Waals surface area contributed by atoms with E-state index in [2.05, 4.69) is 19.1 Å². The van der Waals surface area contributed by atoms with Gasteiger partial charge < -0.3 is 4.42 Å². The number of para-hydroxylation sites is 1. The SMILES string of the molecule is Cc1ccccc1/C=C/c1cccc2ccc(=O)oc12. The first kappa shape index (κ1) is 12.4. The van der Waals surface area contributed by atoms with E-state index >= 15 is 0 Å². The van der Waals surface area contributed by atoms with Crippen LogP contribution in [-0.4, -0.2) is 0 Å². The van der Waals surface area contributed by atoms with E-state index in [4.69, 9.17) is 4.42 Å². The molecule has 1 heterocycles. The van der Waals surface area contributed by atoms with E-state index < -0.39 is 0 Å². The minimum Gasteiger partial charge on any atom is -0.422 e. The molecular weight excluding hydrogens is 248 g/mol. The zero-order valence-corrected chi connectivity index (χ0v) is 11.2. The predicted molar refractivity (Wildman–Crippen MR) is 82.6 cm³/mol. The molecule has 2 aromatic carbocycles. The maximum absolute atomic E-state index is 11.4. The van der Waals surface area contributed by atoms with E-state index in [1.165, 1.54) is 11.6 Å². The van der Waals surface area contributed by atoms with Crippen LogP contribution < -0.4 is 5.63 Å². The third-order valence-corrected chi connectivity index (χ3v) is 3.31. The van der Waals surface area contributed by atoms with Crippen LogP contribution in [0.3, 0.4) is 0 Å². The largest absolute Gasteiger partial charge is 0.422 e. The molecule has 0 unspecified atom stereocenters. The van der Waals surface area contributed by atoms with Crippen LogP contribution in [-0.2, 0) is 0 Å². The van der Waals surface area contributed by atoms with Crippen LogP contribution in [0.2, 0.25) is 0 Å². The summed E-state index contributed by atoms with van der Waals surface area (Å²) in [6.07, 6.45) is 4.02. The van der Waals surface area contributed by atoms with Gasteiger partial charge in [-0.25, -0.2) is 4.79 Å². The van der Waals surface area contributed by atoms with Crippen LogP contribution in [0.1, 0.15) is 16.7 Å². The Balaban J connectivity index is 2.09. The fourth-order valence-electron chi connectivity index (χ4n) is 2.20. The van der Waals surface area contributed by atoms with E-state index in [0.29, 0.717) is 5.58 Å². The van der Waals surface area contributed by atoms with E-state index in [1.807, 2.05) is 42.5 Å². The van der Waals surface area contributed by atoms with E-state index in [-0.39, 0.29) is 5.63 Å². The Morgan fingerprint density at radius 1 is 0.850 bits per heavy atom. The molecule has 0 saturated heterocycles. The summed E-state index contributed by atoms with van der Waals surface area (Å²) in [5, 5.41) is 0.927. The molecule has 0 aliphatic rings. The number of rotatable bonds is 2. The lowest BCUT2D eigenvalue weighted by molar-refractivity contribution is 0.560. The Bertz CT molecular complexity index is 841. The summed E-state index contributed by atoms with van der Waals surface area (Å²) in [6.45, 7) is 2.07. The molecule has 0 N–H and O–H groups in total. The molecule has 0 aliphatic carbocycles. The van der Waals surface area contributed by atoms with Crippen molar-refractivity contribution in [2.24, 2.45) is 0 Å². The highest BCUT2D eigenvalue weighted by Gasteiger charge is 2.01. The van der Waals surface area contributed by atoms with Crippen molar-refractivity contribution in [3.8, 4) is 0 Å². The summed E-state index contributed by atoms with van der Waals surface area (Å²) >= 11 is 0. The summed E-state index contributed by atoms with van der Waals surface area (Å²) in [4.78, 5) is 11.4. The van der Waals surface area contributed by atoms with Gasteiger partial charge in [-0.15, -0.1) is 0 Å². The highest BCUT2D eigenvalue weighted by atomic mass is 16.4. The van der Waals surface area contributed by atoms with Crippen LogP contribution in [0, 0.1) is 6.92 Å². The van der Waals surface area contributed by atoms with E-state index in [9.17, 15) is 4.79 Å². The Hall–Kier alpha value is -2.61. The van der Waals surface area contributed by atoms with Gasteiger partial charge in [0.1, 0.15) is 5.58 Å². The molecule has 1 aromatic heterocycles. The zero-order valence-electron chi connectivity index (χ0n) is 11.2. The summed E-state index contributed by atoms with van der Waals surface area (Å²) in [5.41, 5.74) is 3.58. The molecule has 0 spiro atoms. The second kappa shape index (κ2) is 5.17. The predicted octanol–water partition coefficient (Wildman–Crippen LogP) is 4.27. The Morgan fingerprint density at radius 3 is 2.45 bits per heavy atom. The van der Waals surface area contributed by atoms with Crippen molar-refractivity contribution in [3.63, 3.8) is 0 Å². The zero-order chi connectivity index (χ0) is 13.9. The lowest BCUT2D eigenvalue weighted by Gasteiger charge is -2.01. The molecule has 98 valence electrons. The fraction of sp³-hybridized carbons (Fsp3) is 0.0556. The van der Waals surface area contributed by atoms with Crippen LogP contribution in [0.4, 0.5) is 0 Å². The molecule has 3 aromatic rings. The fourth-order valence-corrected chi connectivity index (χ4v) is 2.20. The minimum absolute atomic E-state index is 0.325. The number of hydrogen-bond acceptors (Lipinski definition) is 2. The molecule has 0 aliphatic heterocycles. The van der Waals surface area contributed by atoms with Gasteiger partial charge in [0.2, 0.25) is 0 Å². The maximum Gasteiger partial charge on any atom is 0.336 e. The molecule has 0 saturated carbocycles. The lowest BCUT2D eigenvalue weighted by atomic mass is 10.1. The van der Waals surface area contributed by atoms with Gasteiger partial charge in [-0.1, -0.05) is 54.6 Å². The Morgan fingerprint density at radius 2 is 1.60 bits per heavy atom. The monoisotopic (exact) mass is 262 g/mol. The molecule has 20 heavy (non-hydrogen) atoms. The molecule has 3 rings (SSSR count). The lowest BCUT2D eigenvalue weighted by Crippen LogP contribution is -1.95. The number of fused-ring (bicyclic) bond motifs is 1. The average molecular weight is 262 g/mol. The van der Waals surface area contributed by atoms with Crippen molar-refractivity contribution in [3.05, 3.63) is 81.7 Å². The molecule has 2 nitrogen and oxygen atoms in total. The van der Waals surface area contributed by atoms with Gasteiger partial charge in [-0.2, -0.15) is 0 Å². The minimum atomic E-state index is -0.325. The standard InChI is InChI=1S/C18H14O2/c1-13-5-2-3-6-14(13)9-10-15-7-4-8-16-11-12-17(19)20-18(15)16/h2-12H,1H3/b10-9+. The molecule has 0 bridgehead atoms. The van der Waals surface area contributed by atoms with Crippen molar-refractivity contribution in [1.29, 1.82) is 0 Å². The highest BCUT2D eigenvalue weighted by molar-refractivity contribution is 5.88. The van der Waals surface area contributed by atoms with Crippen LogP contribution >= 0.6 is 0 Å². The van der Waals surface area contributed by atoms with Gasteiger partial charge in [0.05, 0.1) is 0 Å². The van der Waals surface area contributed by atoms with Crippen molar-refractivity contribution < 1.29 is 4.42 Å². The summed E-state index contributed by atoms with van der Waals surface area (Å²) in [7, 11) is 0. The molecule has 0 radical (unpaired) electrons. The van der Waals surface area contributed by atoms with E-state index in [0.717, 1.165) is 16.5 Å². The van der Waals surface area contributed by atoms with Crippen LogP contribution in [0.15, 0.2) is 63.8 Å². The molecule has 0 atom stereocenters. The van der Waals surface area contributed by atoms with Crippen molar-refractivity contribution in [2.75, 3.05) is 0 Å². The smallest absolute Gasteiger partial charge is 0.336 e. The third-order valence-electron chi connectivity index (χ3n) is 3.31. The summed E-state index contributed by atoms with van der Waals surface area (Å²) < 4.78 is 5.30. The van der Waals surface area contributed by atoms with Gasteiger partial charge in [0.25, 0.3) is 0 Å². The van der Waals surface area contributed by atoms with Gasteiger partial charge >= 0.3 is 5.63 Å². The van der Waals surface area contributed by atoms with Gasteiger partial charge in [-0.05, 0) is 24.1 Å². The quantitative estimate of drug-likeness (QED) is 0.510. The normalized spacial score (nSPS) is 11.2. The van der Waals surface area contributed by atoms with Crippen molar-refractivity contribution in [1.82, 2.24) is 0 Å². The Labute approximate surface area is 117 Å². The van der Waals surface area contributed by atoms with Gasteiger partial charge in [0.15, 0.2) is 0 Å². The topological polar surface area (TPSA) is 30.2 Å². The summed E-state index contributed by atoms with van der Waals surface area (Å²) in [5.74, 6) is 0. The molecular formula is C18H14O2. The molecule has 0 amide bonds. The van der Waals surface area contributed by atoms with Gasteiger partial charge in [-0.3, -0.25) is 0 Å². The van der Waals surface area contributed by atoms with Crippen LogP contribution in [0.25, 0.3) is 23.1 Å². The first-order chi connectivity index (χ1) is 9.74. The average Bonchev–Trinajstić information content (AvgIpc) is 2.46. The van der Waals surface area contributed by atoms with Crippen molar-refractivity contribution in [2.45, 2.75) is 6.92 Å². The second-order valence-electron chi connectivity index (χ2n) is 4.71. The van der Waals surface area contributed by atoms with E-state index in [1.54, 1.807) is 6.07 Å². The summed E-state index contributed by atoms with van der Waals surface area (Å²) in [6, 6.07) is 17.2. The first-order valence-corrected chi connectivity index (χ1v) is 6.51. The number of hydrogen-bond donors (Lipinski definition) is 0. The second-order valence-corrected chi connectivity index (χ2v) is 4.71. The molecule has 0 fully saturated rings. The maximum atomic E-state index is 11.4. The first-order valence-electron chi connectivity index (χ1n) is 6.51. The third kappa shape index (κ3) is 2.41. The number of benzene rings is 2. The van der Waals surface area contributed by atoms with Crippen molar-refractivity contribution >= 4 is 23.1 Å². The number of aryl methyl sites for hydroxylation is 1. The van der Waals surface area contributed by atoms with Crippen LogP contribution in [0.5, 0.6) is 0 Å². The van der Waals surface area contributed by atoms with Gasteiger partial charge in [0, 0.05) is 17.0 Å². The Kier molecular flexibility index (Phi) is 3.21. The highest BCUT2D eigenvalue weighted by Crippen LogP contribution is 2.20.